The number of amides is 2. The van der Waals surface area contributed by atoms with Crippen molar-refractivity contribution in [2.24, 2.45) is 10.7 Å². The molecule has 1 aliphatic heterocycles. The van der Waals surface area contributed by atoms with E-state index in [4.69, 9.17) is 15.2 Å². The van der Waals surface area contributed by atoms with Gasteiger partial charge in [-0.1, -0.05) is 24.3 Å². The Bertz CT molecular complexity index is 1010. The number of hydrogen-bond donors (Lipinski definition) is 2. The van der Waals surface area contributed by atoms with Crippen molar-refractivity contribution >= 4 is 40.5 Å². The van der Waals surface area contributed by atoms with Crippen LogP contribution in [0.2, 0.25) is 0 Å². The van der Waals surface area contributed by atoms with Crippen LogP contribution in [0.15, 0.2) is 46.3 Å². The first-order valence-corrected chi connectivity index (χ1v) is 9.64. The average Bonchev–Trinajstić information content (AvgIpc) is 3.02. The van der Waals surface area contributed by atoms with E-state index in [1.807, 2.05) is 32.0 Å². The van der Waals surface area contributed by atoms with E-state index in [1.165, 1.54) is 18.9 Å². The van der Waals surface area contributed by atoms with Crippen LogP contribution in [0.25, 0.3) is 6.08 Å². The molecule has 0 aromatic heterocycles. The minimum Gasteiger partial charge on any atom is -0.493 e. The van der Waals surface area contributed by atoms with Gasteiger partial charge in [0, 0.05) is 0 Å². The summed E-state index contributed by atoms with van der Waals surface area (Å²) in [6.07, 6.45) is 1.73. The fraction of sp³-hybridized carbons (Fsp3) is 0.190. The van der Waals surface area contributed by atoms with Crippen molar-refractivity contribution in [1.82, 2.24) is 5.32 Å². The van der Waals surface area contributed by atoms with Crippen molar-refractivity contribution in [2.45, 2.75) is 13.8 Å². The maximum Gasteiger partial charge on any atom is 0.264 e. The zero-order valence-electron chi connectivity index (χ0n) is 16.3. The minimum atomic E-state index is -0.589. The number of ether oxygens (including phenoxy) is 2. The molecule has 8 heteroatoms. The Kier molecular flexibility index (Phi) is 6.23. The van der Waals surface area contributed by atoms with Crippen LogP contribution in [0.1, 0.15) is 16.7 Å². The van der Waals surface area contributed by atoms with E-state index in [1.54, 1.807) is 24.3 Å². The van der Waals surface area contributed by atoms with E-state index in [2.05, 4.69) is 10.3 Å². The van der Waals surface area contributed by atoms with Crippen LogP contribution < -0.4 is 20.5 Å². The predicted molar refractivity (Wildman–Crippen MR) is 114 cm³/mol. The van der Waals surface area contributed by atoms with E-state index < -0.39 is 5.91 Å². The van der Waals surface area contributed by atoms with Crippen molar-refractivity contribution in [3.8, 4) is 11.5 Å². The summed E-state index contributed by atoms with van der Waals surface area (Å²) in [5.41, 5.74) is 8.78. The Morgan fingerprint density at radius 3 is 2.59 bits per heavy atom. The van der Waals surface area contributed by atoms with E-state index >= 15 is 0 Å². The van der Waals surface area contributed by atoms with Crippen LogP contribution >= 0.6 is 11.8 Å². The van der Waals surface area contributed by atoms with E-state index in [0.29, 0.717) is 21.6 Å². The van der Waals surface area contributed by atoms with E-state index in [-0.39, 0.29) is 12.5 Å². The molecule has 1 heterocycles. The third kappa shape index (κ3) is 4.97. The third-order valence-electron chi connectivity index (χ3n) is 4.16. The summed E-state index contributed by atoms with van der Waals surface area (Å²) >= 11 is 1.26. The van der Waals surface area contributed by atoms with Gasteiger partial charge in [-0.2, -0.15) is 0 Å². The molecule has 29 heavy (non-hydrogen) atoms. The van der Waals surface area contributed by atoms with Gasteiger partial charge < -0.3 is 20.5 Å². The normalized spacial score (nSPS) is 16.2. The molecule has 1 aliphatic rings. The number of nitrogens with zero attached hydrogens (tertiary/aromatic N) is 1. The molecule has 2 amide bonds. The fourth-order valence-corrected chi connectivity index (χ4v) is 3.59. The Labute approximate surface area is 173 Å². The standard InChI is InChI=1S/C21H21N3O4S/c1-12-5-4-6-13(2)19(12)23-21-24-20(26)17(29-21)10-14-7-8-15(27-3)16(9-14)28-11-18(22)25/h4-10H,11H2,1-3H3,(H2,22,25)(H,23,24,26)/b17-10+. The number of amidine groups is 1. The third-order valence-corrected chi connectivity index (χ3v) is 5.07. The average molecular weight is 411 g/mol. The number of aryl methyl sites for hydroxylation is 2. The van der Waals surface area contributed by atoms with Crippen molar-refractivity contribution in [3.63, 3.8) is 0 Å². The number of primary amides is 1. The van der Waals surface area contributed by atoms with Gasteiger partial charge >= 0.3 is 0 Å². The molecule has 7 nitrogen and oxygen atoms in total. The van der Waals surface area contributed by atoms with Crippen molar-refractivity contribution in [3.05, 3.63) is 58.0 Å². The van der Waals surface area contributed by atoms with E-state index in [9.17, 15) is 9.59 Å². The van der Waals surface area contributed by atoms with Gasteiger partial charge in [0.2, 0.25) is 0 Å². The molecule has 0 saturated carbocycles. The second kappa shape index (κ2) is 8.83. The summed E-state index contributed by atoms with van der Waals surface area (Å²) in [5, 5.41) is 3.32. The SMILES string of the molecule is COc1ccc(/C=C2/SC(=Nc3c(C)cccc3C)NC2=O)cc1OCC(N)=O. The summed E-state index contributed by atoms with van der Waals surface area (Å²) < 4.78 is 10.6. The lowest BCUT2D eigenvalue weighted by Gasteiger charge is -2.10. The second-order valence-electron chi connectivity index (χ2n) is 6.39. The van der Waals surface area contributed by atoms with Crippen LogP contribution in [-0.2, 0) is 9.59 Å². The molecule has 1 fully saturated rings. The zero-order chi connectivity index (χ0) is 21.0. The number of nitrogens with one attached hydrogen (secondary N) is 1. The molecule has 0 atom stereocenters. The number of methoxy groups -OCH3 is 1. The fourth-order valence-electron chi connectivity index (χ4n) is 2.76. The molecule has 150 valence electrons. The highest BCUT2D eigenvalue weighted by molar-refractivity contribution is 8.18. The predicted octanol–water partition coefficient (Wildman–Crippen LogP) is 3.07. The summed E-state index contributed by atoms with van der Waals surface area (Å²) in [7, 11) is 1.50. The molecule has 0 bridgehead atoms. The topological polar surface area (TPSA) is 103 Å². The molecule has 0 radical (unpaired) electrons. The molecule has 3 N–H and O–H groups in total. The Morgan fingerprint density at radius 2 is 1.93 bits per heavy atom. The molecule has 2 aromatic rings. The first-order valence-electron chi connectivity index (χ1n) is 8.82. The number of rotatable bonds is 6. The highest BCUT2D eigenvalue weighted by Crippen LogP contribution is 2.33. The van der Waals surface area contributed by atoms with Crippen LogP contribution in [-0.4, -0.2) is 30.7 Å². The Hall–Kier alpha value is -3.26. The highest BCUT2D eigenvalue weighted by Gasteiger charge is 2.24. The van der Waals surface area contributed by atoms with Crippen molar-refractivity contribution in [2.75, 3.05) is 13.7 Å². The Balaban J connectivity index is 1.85. The maximum atomic E-state index is 12.4. The van der Waals surface area contributed by atoms with Gasteiger partial charge in [-0.05, 0) is 60.5 Å². The summed E-state index contributed by atoms with van der Waals surface area (Å²) in [6.45, 7) is 3.70. The first-order chi connectivity index (χ1) is 13.9. The van der Waals surface area contributed by atoms with Crippen LogP contribution in [0.5, 0.6) is 11.5 Å². The molecular formula is C21H21N3O4S. The molecule has 0 aliphatic carbocycles. The van der Waals surface area contributed by atoms with Crippen molar-refractivity contribution in [1.29, 1.82) is 0 Å². The number of benzene rings is 2. The number of para-hydroxylation sites is 1. The molecular weight excluding hydrogens is 390 g/mol. The van der Waals surface area contributed by atoms with Crippen LogP contribution in [0, 0.1) is 13.8 Å². The highest BCUT2D eigenvalue weighted by atomic mass is 32.2. The van der Waals surface area contributed by atoms with Crippen LogP contribution in [0.4, 0.5) is 5.69 Å². The number of nitrogens with two attached hydrogens (primary N) is 1. The first kappa shape index (κ1) is 20.5. The van der Waals surface area contributed by atoms with Gasteiger partial charge in [0.15, 0.2) is 23.3 Å². The molecule has 3 rings (SSSR count). The Morgan fingerprint density at radius 1 is 1.21 bits per heavy atom. The monoisotopic (exact) mass is 411 g/mol. The summed E-state index contributed by atoms with van der Waals surface area (Å²) in [6, 6.07) is 11.1. The lowest BCUT2D eigenvalue weighted by Crippen LogP contribution is -2.20. The van der Waals surface area contributed by atoms with Gasteiger partial charge in [-0.25, -0.2) is 4.99 Å². The van der Waals surface area contributed by atoms with Crippen molar-refractivity contribution < 1.29 is 19.1 Å². The quantitative estimate of drug-likeness (QED) is 0.711. The van der Waals surface area contributed by atoms with Gasteiger partial charge in [0.25, 0.3) is 11.8 Å². The molecule has 2 aromatic carbocycles. The van der Waals surface area contributed by atoms with Gasteiger partial charge in [0.05, 0.1) is 17.7 Å². The second-order valence-corrected chi connectivity index (χ2v) is 7.42. The van der Waals surface area contributed by atoms with Gasteiger partial charge in [-0.3, -0.25) is 9.59 Å². The number of carbonyl (C=O) groups excluding carboxylic acids is 2. The minimum absolute atomic E-state index is 0.226. The lowest BCUT2D eigenvalue weighted by atomic mass is 10.1. The molecule has 1 saturated heterocycles. The van der Waals surface area contributed by atoms with Gasteiger partial charge in [0.1, 0.15) is 0 Å². The number of thioether (sulfide) groups is 1. The molecule has 0 spiro atoms. The summed E-state index contributed by atoms with van der Waals surface area (Å²) in [4.78, 5) is 28.5. The zero-order valence-corrected chi connectivity index (χ0v) is 17.1. The number of aliphatic imine (C=N–C) groups is 1. The summed E-state index contributed by atoms with van der Waals surface area (Å²) in [5.74, 6) is 0.0204. The maximum absolute atomic E-state index is 12.4. The van der Waals surface area contributed by atoms with Gasteiger partial charge in [-0.15, -0.1) is 0 Å². The smallest absolute Gasteiger partial charge is 0.264 e. The van der Waals surface area contributed by atoms with E-state index in [0.717, 1.165) is 22.4 Å². The molecule has 0 unspecified atom stereocenters. The number of hydrogen-bond acceptors (Lipinski definition) is 6. The number of carbonyl (C=O) groups is 2. The van der Waals surface area contributed by atoms with Crippen LogP contribution in [0.3, 0.4) is 0 Å². The lowest BCUT2D eigenvalue weighted by molar-refractivity contribution is -0.120. The largest absolute Gasteiger partial charge is 0.493 e.